The first-order chi connectivity index (χ1) is 7.69. The molecule has 1 aromatic rings. The third-order valence-corrected chi connectivity index (χ3v) is 3.56. The molecule has 92 valence electrons. The highest BCUT2D eigenvalue weighted by molar-refractivity contribution is 7.98. The van der Waals surface area contributed by atoms with Crippen molar-refractivity contribution < 1.29 is 9.63 Å². The largest absolute Gasteiger partial charge is 0.393 e. The summed E-state index contributed by atoms with van der Waals surface area (Å²) in [5, 5.41) is 13.5. The minimum Gasteiger partial charge on any atom is -0.393 e. The third kappa shape index (κ3) is 3.79. The first-order valence-electron chi connectivity index (χ1n) is 5.77. The molecular weight excluding hydrogens is 224 g/mol. The summed E-state index contributed by atoms with van der Waals surface area (Å²) >= 11 is 1.80. The van der Waals surface area contributed by atoms with Crippen molar-refractivity contribution >= 4 is 11.8 Å². The Morgan fingerprint density at radius 3 is 2.75 bits per heavy atom. The van der Waals surface area contributed by atoms with Crippen LogP contribution >= 0.6 is 11.8 Å². The van der Waals surface area contributed by atoms with E-state index < -0.39 is 6.10 Å². The SMILES string of the molecule is CCCSCc1noc(C(CC)C(C)O)n1. The van der Waals surface area contributed by atoms with Crippen LogP contribution in [0.3, 0.4) is 0 Å². The van der Waals surface area contributed by atoms with Crippen LogP contribution < -0.4 is 0 Å². The Morgan fingerprint density at radius 2 is 2.19 bits per heavy atom. The summed E-state index contributed by atoms with van der Waals surface area (Å²) in [5.41, 5.74) is 0. The van der Waals surface area contributed by atoms with Gasteiger partial charge in [-0.25, -0.2) is 0 Å². The van der Waals surface area contributed by atoms with Crippen molar-refractivity contribution in [2.24, 2.45) is 0 Å². The Balaban J connectivity index is 2.55. The average molecular weight is 244 g/mol. The minimum atomic E-state index is -0.443. The summed E-state index contributed by atoms with van der Waals surface area (Å²) in [7, 11) is 0. The van der Waals surface area contributed by atoms with Gasteiger partial charge in [0.1, 0.15) is 0 Å². The summed E-state index contributed by atoms with van der Waals surface area (Å²) in [6, 6.07) is 0. The van der Waals surface area contributed by atoms with Crippen LogP contribution in [-0.2, 0) is 5.75 Å². The normalized spacial score (nSPS) is 15.0. The zero-order chi connectivity index (χ0) is 12.0. The number of hydrogen-bond acceptors (Lipinski definition) is 5. The molecule has 0 saturated carbocycles. The molecule has 0 aliphatic heterocycles. The Kier molecular flexibility index (Phi) is 5.84. The van der Waals surface area contributed by atoms with Crippen molar-refractivity contribution in [3.63, 3.8) is 0 Å². The van der Waals surface area contributed by atoms with E-state index in [2.05, 4.69) is 17.1 Å². The van der Waals surface area contributed by atoms with Crippen LogP contribution in [-0.4, -0.2) is 27.1 Å². The zero-order valence-corrected chi connectivity index (χ0v) is 11.0. The molecule has 1 N–H and O–H groups in total. The molecule has 1 heterocycles. The molecule has 0 fully saturated rings. The van der Waals surface area contributed by atoms with Crippen LogP contribution in [0.1, 0.15) is 51.2 Å². The van der Waals surface area contributed by atoms with Crippen LogP contribution in [0, 0.1) is 0 Å². The highest BCUT2D eigenvalue weighted by Gasteiger charge is 2.21. The van der Waals surface area contributed by atoms with Gasteiger partial charge in [-0.15, -0.1) is 0 Å². The first-order valence-corrected chi connectivity index (χ1v) is 6.92. The quantitative estimate of drug-likeness (QED) is 0.747. The summed E-state index contributed by atoms with van der Waals surface area (Å²) in [4.78, 5) is 4.32. The molecule has 0 saturated heterocycles. The van der Waals surface area contributed by atoms with Gasteiger partial charge in [-0.3, -0.25) is 0 Å². The highest BCUT2D eigenvalue weighted by atomic mass is 32.2. The van der Waals surface area contributed by atoms with Crippen LogP contribution in [0.5, 0.6) is 0 Å². The van der Waals surface area contributed by atoms with E-state index in [4.69, 9.17) is 4.52 Å². The first kappa shape index (κ1) is 13.5. The molecule has 0 bridgehead atoms. The van der Waals surface area contributed by atoms with Crippen molar-refractivity contribution in [2.75, 3.05) is 5.75 Å². The number of rotatable bonds is 7. The molecule has 0 aliphatic carbocycles. The van der Waals surface area contributed by atoms with Gasteiger partial charge in [0.25, 0.3) is 0 Å². The van der Waals surface area contributed by atoms with Gasteiger partial charge in [0, 0.05) is 0 Å². The van der Waals surface area contributed by atoms with Gasteiger partial charge in [-0.05, 0) is 25.5 Å². The molecule has 0 amide bonds. The van der Waals surface area contributed by atoms with Crippen LogP contribution in [0.25, 0.3) is 0 Å². The standard InChI is InChI=1S/C11H20N2O2S/c1-4-6-16-7-10-12-11(15-13-10)9(5-2)8(3)14/h8-9,14H,4-7H2,1-3H3. The molecule has 2 unspecified atom stereocenters. The molecule has 2 atom stereocenters. The van der Waals surface area contributed by atoms with Gasteiger partial charge in [0.15, 0.2) is 5.82 Å². The molecule has 5 heteroatoms. The lowest BCUT2D eigenvalue weighted by molar-refractivity contribution is 0.141. The molecular formula is C11H20N2O2S. The molecule has 1 aromatic heterocycles. The smallest absolute Gasteiger partial charge is 0.232 e. The second kappa shape index (κ2) is 6.91. The van der Waals surface area contributed by atoms with E-state index in [1.54, 1.807) is 18.7 Å². The van der Waals surface area contributed by atoms with Crippen molar-refractivity contribution in [1.82, 2.24) is 10.1 Å². The molecule has 0 aromatic carbocycles. The van der Waals surface area contributed by atoms with Gasteiger partial charge >= 0.3 is 0 Å². The van der Waals surface area contributed by atoms with Crippen LogP contribution in [0.4, 0.5) is 0 Å². The predicted octanol–water partition coefficient (Wildman–Crippen LogP) is 2.59. The summed E-state index contributed by atoms with van der Waals surface area (Å²) in [6.07, 6.45) is 1.52. The summed E-state index contributed by atoms with van der Waals surface area (Å²) in [5.74, 6) is 3.14. The average Bonchev–Trinajstić information content (AvgIpc) is 2.67. The number of aromatic nitrogens is 2. The molecule has 0 aliphatic rings. The highest BCUT2D eigenvalue weighted by Crippen LogP contribution is 2.22. The molecule has 1 rings (SSSR count). The van der Waals surface area contributed by atoms with Crippen LogP contribution in [0.15, 0.2) is 4.52 Å². The van der Waals surface area contributed by atoms with Crippen molar-refractivity contribution in [3.05, 3.63) is 11.7 Å². The number of hydrogen-bond donors (Lipinski definition) is 1. The molecule has 16 heavy (non-hydrogen) atoms. The topological polar surface area (TPSA) is 59.2 Å². The van der Waals surface area contributed by atoms with E-state index in [1.165, 1.54) is 0 Å². The fourth-order valence-corrected chi connectivity index (χ4v) is 2.24. The van der Waals surface area contributed by atoms with Crippen molar-refractivity contribution in [1.29, 1.82) is 0 Å². The van der Waals surface area contributed by atoms with Gasteiger partial charge in [-0.1, -0.05) is 19.0 Å². The number of thioether (sulfide) groups is 1. The fraction of sp³-hybridized carbons (Fsp3) is 0.818. The van der Waals surface area contributed by atoms with E-state index in [1.807, 2.05) is 6.92 Å². The predicted molar refractivity (Wildman–Crippen MR) is 65.5 cm³/mol. The van der Waals surface area contributed by atoms with Crippen LogP contribution in [0.2, 0.25) is 0 Å². The summed E-state index contributed by atoms with van der Waals surface area (Å²) < 4.78 is 5.18. The Morgan fingerprint density at radius 1 is 1.44 bits per heavy atom. The second-order valence-corrected chi connectivity index (χ2v) is 4.96. The van der Waals surface area contributed by atoms with Crippen molar-refractivity contribution in [2.45, 2.75) is 51.4 Å². The van der Waals surface area contributed by atoms with Gasteiger partial charge in [-0.2, -0.15) is 16.7 Å². The number of nitrogens with zero attached hydrogens (tertiary/aromatic N) is 2. The molecule has 0 spiro atoms. The minimum absolute atomic E-state index is 0.0441. The van der Waals surface area contributed by atoms with E-state index in [0.717, 1.165) is 30.2 Å². The molecule has 4 nitrogen and oxygen atoms in total. The lowest BCUT2D eigenvalue weighted by Crippen LogP contribution is -2.14. The Bertz CT molecular complexity index is 302. The monoisotopic (exact) mass is 244 g/mol. The second-order valence-electron chi connectivity index (χ2n) is 3.86. The van der Waals surface area contributed by atoms with E-state index in [0.29, 0.717) is 5.89 Å². The number of aliphatic hydroxyl groups excluding tert-OH is 1. The maximum absolute atomic E-state index is 9.56. The van der Waals surface area contributed by atoms with Crippen molar-refractivity contribution in [3.8, 4) is 0 Å². The fourth-order valence-electron chi connectivity index (χ4n) is 1.51. The maximum Gasteiger partial charge on any atom is 0.232 e. The molecule has 0 radical (unpaired) electrons. The van der Waals surface area contributed by atoms with E-state index >= 15 is 0 Å². The lowest BCUT2D eigenvalue weighted by atomic mass is 10.0. The van der Waals surface area contributed by atoms with Gasteiger partial charge < -0.3 is 9.63 Å². The lowest BCUT2D eigenvalue weighted by Gasteiger charge is -2.12. The van der Waals surface area contributed by atoms with E-state index in [9.17, 15) is 5.11 Å². The maximum atomic E-state index is 9.56. The number of aliphatic hydroxyl groups is 1. The zero-order valence-electron chi connectivity index (χ0n) is 10.1. The Hall–Kier alpha value is -0.550. The van der Waals surface area contributed by atoms with Gasteiger partial charge in [0.05, 0.1) is 17.8 Å². The van der Waals surface area contributed by atoms with Gasteiger partial charge in [0.2, 0.25) is 5.89 Å². The summed E-state index contributed by atoms with van der Waals surface area (Å²) in [6.45, 7) is 5.91. The third-order valence-electron chi connectivity index (χ3n) is 2.40. The Labute approximate surface area is 101 Å². The van der Waals surface area contributed by atoms with E-state index in [-0.39, 0.29) is 5.92 Å².